The lowest BCUT2D eigenvalue weighted by molar-refractivity contribution is -0.129. The molecule has 0 bridgehead atoms. The van der Waals surface area contributed by atoms with Gasteiger partial charge in [0.1, 0.15) is 5.65 Å². The lowest BCUT2D eigenvalue weighted by atomic mass is 9.90. The molecule has 0 fully saturated rings. The fraction of sp³-hybridized carbons (Fsp3) is 0.364. The van der Waals surface area contributed by atoms with Crippen LogP contribution in [0, 0.1) is 6.92 Å². The highest BCUT2D eigenvalue weighted by atomic mass is 16.2. The van der Waals surface area contributed by atoms with Gasteiger partial charge >= 0.3 is 0 Å². The number of amides is 1. The summed E-state index contributed by atoms with van der Waals surface area (Å²) in [6, 6.07) is 6.78. The van der Waals surface area contributed by atoms with Gasteiger partial charge in [-0.2, -0.15) is 0 Å². The van der Waals surface area contributed by atoms with Crippen molar-refractivity contribution in [3.8, 4) is 11.1 Å². The van der Waals surface area contributed by atoms with E-state index in [0.717, 1.165) is 30.7 Å². The third-order valence-electron chi connectivity index (χ3n) is 5.44. The number of aromatic nitrogens is 2. The summed E-state index contributed by atoms with van der Waals surface area (Å²) < 4.78 is 0. The van der Waals surface area contributed by atoms with Crippen molar-refractivity contribution >= 4 is 16.9 Å². The highest BCUT2D eigenvalue weighted by molar-refractivity contribution is 5.84. The van der Waals surface area contributed by atoms with E-state index in [0.29, 0.717) is 6.54 Å². The maximum Gasteiger partial charge on any atom is 0.219 e. The molecule has 0 saturated carbocycles. The number of pyridine rings is 1. The van der Waals surface area contributed by atoms with E-state index in [2.05, 4.69) is 54.1 Å². The van der Waals surface area contributed by atoms with Gasteiger partial charge in [0.2, 0.25) is 5.91 Å². The molecule has 5 nitrogen and oxygen atoms in total. The van der Waals surface area contributed by atoms with Crippen LogP contribution in [0.5, 0.6) is 0 Å². The van der Waals surface area contributed by atoms with Crippen molar-refractivity contribution in [2.75, 3.05) is 20.6 Å². The third kappa shape index (κ3) is 3.35. The summed E-state index contributed by atoms with van der Waals surface area (Å²) in [5.74, 6) is 0.151. The van der Waals surface area contributed by atoms with Crippen LogP contribution < -0.4 is 0 Å². The standard InChI is InChI=1S/C22H26N4O/c1-14-10-23-22-20(14)9-18(11-24-22)17-7-16-5-6-26(15(2)27)13-21(16)19(8-17)12-25(3)4/h7-11H,5-6,12-13H2,1-4H3,(H,23,24). The molecule has 5 heteroatoms. The molecule has 0 radical (unpaired) electrons. The highest BCUT2D eigenvalue weighted by Gasteiger charge is 2.22. The molecular formula is C22H26N4O. The van der Waals surface area contributed by atoms with Crippen molar-refractivity contribution < 1.29 is 4.79 Å². The number of aryl methyl sites for hydroxylation is 1. The van der Waals surface area contributed by atoms with E-state index in [-0.39, 0.29) is 5.91 Å². The first-order chi connectivity index (χ1) is 12.9. The van der Waals surface area contributed by atoms with Crippen molar-refractivity contribution in [1.29, 1.82) is 0 Å². The molecule has 4 rings (SSSR count). The quantitative estimate of drug-likeness (QED) is 0.776. The van der Waals surface area contributed by atoms with E-state index in [1.165, 1.54) is 33.2 Å². The summed E-state index contributed by atoms with van der Waals surface area (Å²) in [6.07, 6.45) is 4.86. The maximum absolute atomic E-state index is 11.9. The monoisotopic (exact) mass is 362 g/mol. The Labute approximate surface area is 160 Å². The zero-order valence-electron chi connectivity index (χ0n) is 16.5. The van der Waals surface area contributed by atoms with Crippen molar-refractivity contribution in [3.05, 3.63) is 52.8 Å². The van der Waals surface area contributed by atoms with Gasteiger partial charge in [-0.1, -0.05) is 6.07 Å². The average molecular weight is 362 g/mol. The second-order valence-corrected chi connectivity index (χ2v) is 7.79. The van der Waals surface area contributed by atoms with E-state index < -0.39 is 0 Å². The first-order valence-corrected chi connectivity index (χ1v) is 9.41. The minimum absolute atomic E-state index is 0.151. The number of hydrogen-bond donors (Lipinski definition) is 1. The number of hydrogen-bond acceptors (Lipinski definition) is 3. The van der Waals surface area contributed by atoms with Crippen LogP contribution in [-0.2, 0) is 24.3 Å². The maximum atomic E-state index is 11.9. The molecule has 1 aliphatic heterocycles. The minimum atomic E-state index is 0.151. The van der Waals surface area contributed by atoms with Crippen LogP contribution in [0.25, 0.3) is 22.2 Å². The molecule has 1 amide bonds. The number of H-pyrrole nitrogens is 1. The van der Waals surface area contributed by atoms with Gasteiger partial charge in [-0.15, -0.1) is 0 Å². The fourth-order valence-corrected chi connectivity index (χ4v) is 3.96. The first-order valence-electron chi connectivity index (χ1n) is 9.41. The predicted molar refractivity (Wildman–Crippen MR) is 108 cm³/mol. The number of nitrogens with zero attached hydrogens (tertiary/aromatic N) is 3. The molecule has 3 aromatic rings. The topological polar surface area (TPSA) is 52.2 Å². The van der Waals surface area contributed by atoms with Crippen LogP contribution in [0.3, 0.4) is 0 Å². The van der Waals surface area contributed by atoms with Gasteiger partial charge < -0.3 is 14.8 Å². The Morgan fingerprint density at radius 2 is 2.07 bits per heavy atom. The van der Waals surface area contributed by atoms with E-state index in [9.17, 15) is 4.79 Å². The number of fused-ring (bicyclic) bond motifs is 2. The van der Waals surface area contributed by atoms with E-state index >= 15 is 0 Å². The van der Waals surface area contributed by atoms with Gasteiger partial charge in [-0.05, 0) is 67.4 Å². The third-order valence-corrected chi connectivity index (χ3v) is 5.44. The SMILES string of the molecule is CC(=O)N1CCc2cc(-c3cnc4[nH]cc(C)c4c3)cc(CN(C)C)c2C1. The van der Waals surface area contributed by atoms with Crippen molar-refractivity contribution in [2.24, 2.45) is 0 Å². The Bertz CT molecular complexity index is 1020. The number of benzene rings is 1. The number of nitrogens with one attached hydrogen (secondary N) is 1. The molecule has 1 N–H and O–H groups in total. The van der Waals surface area contributed by atoms with E-state index in [4.69, 9.17) is 0 Å². The molecular weight excluding hydrogens is 336 g/mol. The summed E-state index contributed by atoms with van der Waals surface area (Å²) in [5, 5.41) is 1.17. The van der Waals surface area contributed by atoms with Crippen molar-refractivity contribution in [3.63, 3.8) is 0 Å². The van der Waals surface area contributed by atoms with Gasteiger partial charge in [0, 0.05) is 49.9 Å². The highest BCUT2D eigenvalue weighted by Crippen LogP contribution is 2.31. The Hall–Kier alpha value is -2.66. The molecule has 1 aromatic carbocycles. The average Bonchev–Trinajstić information content (AvgIpc) is 3.01. The molecule has 0 unspecified atom stereocenters. The van der Waals surface area contributed by atoms with E-state index in [1.807, 2.05) is 17.3 Å². The minimum Gasteiger partial charge on any atom is -0.346 e. The van der Waals surface area contributed by atoms with Crippen LogP contribution in [0.15, 0.2) is 30.6 Å². The van der Waals surface area contributed by atoms with Crippen LogP contribution in [0.4, 0.5) is 0 Å². The summed E-state index contributed by atoms with van der Waals surface area (Å²) in [4.78, 5) is 23.8. The summed E-state index contributed by atoms with van der Waals surface area (Å²) in [7, 11) is 4.17. The number of aromatic amines is 1. The molecule has 3 heterocycles. The van der Waals surface area contributed by atoms with Crippen LogP contribution >= 0.6 is 0 Å². The number of carbonyl (C=O) groups excluding carboxylic acids is 1. The second kappa shape index (κ2) is 6.82. The van der Waals surface area contributed by atoms with Crippen LogP contribution in [0.2, 0.25) is 0 Å². The van der Waals surface area contributed by atoms with Gasteiger partial charge in [0.15, 0.2) is 0 Å². The van der Waals surface area contributed by atoms with Crippen molar-refractivity contribution in [1.82, 2.24) is 19.8 Å². The Morgan fingerprint density at radius 1 is 1.26 bits per heavy atom. The zero-order valence-corrected chi connectivity index (χ0v) is 16.5. The van der Waals surface area contributed by atoms with Crippen molar-refractivity contribution in [2.45, 2.75) is 33.4 Å². The van der Waals surface area contributed by atoms with Gasteiger partial charge in [0.05, 0.1) is 0 Å². The number of carbonyl (C=O) groups is 1. The summed E-state index contributed by atoms with van der Waals surface area (Å²) >= 11 is 0. The van der Waals surface area contributed by atoms with Gasteiger partial charge in [0.25, 0.3) is 0 Å². The number of rotatable bonds is 3. The Morgan fingerprint density at radius 3 is 2.81 bits per heavy atom. The fourth-order valence-electron chi connectivity index (χ4n) is 3.96. The Balaban J connectivity index is 1.81. The molecule has 27 heavy (non-hydrogen) atoms. The smallest absolute Gasteiger partial charge is 0.219 e. The second-order valence-electron chi connectivity index (χ2n) is 7.79. The molecule has 0 saturated heterocycles. The lowest BCUT2D eigenvalue weighted by Gasteiger charge is -2.31. The predicted octanol–water partition coefficient (Wildman–Crippen LogP) is 3.50. The summed E-state index contributed by atoms with van der Waals surface area (Å²) in [6.45, 7) is 6.13. The van der Waals surface area contributed by atoms with E-state index in [1.54, 1.807) is 6.92 Å². The lowest BCUT2D eigenvalue weighted by Crippen LogP contribution is -2.35. The van der Waals surface area contributed by atoms with Gasteiger partial charge in [-0.25, -0.2) is 4.98 Å². The zero-order chi connectivity index (χ0) is 19.1. The Kier molecular flexibility index (Phi) is 4.48. The van der Waals surface area contributed by atoms with Crippen LogP contribution in [0.1, 0.15) is 29.2 Å². The molecule has 0 aliphatic carbocycles. The molecule has 140 valence electrons. The normalized spacial score (nSPS) is 14.0. The largest absolute Gasteiger partial charge is 0.346 e. The molecule has 2 aromatic heterocycles. The van der Waals surface area contributed by atoms with Gasteiger partial charge in [-0.3, -0.25) is 4.79 Å². The summed E-state index contributed by atoms with van der Waals surface area (Å²) in [5.41, 5.74) is 8.44. The molecule has 0 spiro atoms. The molecule has 0 atom stereocenters. The molecule has 1 aliphatic rings. The first kappa shape index (κ1) is 17.7. The van der Waals surface area contributed by atoms with Crippen LogP contribution in [-0.4, -0.2) is 46.3 Å².